The van der Waals surface area contributed by atoms with Crippen molar-refractivity contribution in [3.8, 4) is 5.69 Å². The number of carbonyl (C=O) groups is 1. The number of fused-ring (bicyclic) bond motifs is 1. The predicted octanol–water partition coefficient (Wildman–Crippen LogP) is 5.78. The SMILES string of the molecule is CC1CN(c2ccc(F)cc2)CCN1Cc1ccc2c(=O)n(-c3ccc(F)cc3)c(CCCCC(=O)O)cc2c1. The number of hydrogen-bond acceptors (Lipinski definition) is 4. The van der Waals surface area contributed by atoms with Crippen LogP contribution in [0, 0.1) is 11.6 Å². The van der Waals surface area contributed by atoms with Crippen LogP contribution in [-0.2, 0) is 17.8 Å². The van der Waals surface area contributed by atoms with E-state index in [1.54, 1.807) is 16.7 Å². The van der Waals surface area contributed by atoms with E-state index in [0.29, 0.717) is 30.3 Å². The molecule has 1 aromatic heterocycles. The van der Waals surface area contributed by atoms with E-state index in [0.717, 1.165) is 48.5 Å². The number of aliphatic carboxylic acids is 1. The van der Waals surface area contributed by atoms with Crippen LogP contribution in [0.15, 0.2) is 77.6 Å². The number of rotatable bonds is 9. The summed E-state index contributed by atoms with van der Waals surface area (Å²) in [6, 6.07) is 20.7. The van der Waals surface area contributed by atoms with Gasteiger partial charge in [0.1, 0.15) is 11.6 Å². The maximum absolute atomic E-state index is 13.7. The van der Waals surface area contributed by atoms with Crippen LogP contribution < -0.4 is 10.5 Å². The van der Waals surface area contributed by atoms with Crippen LogP contribution in [0.2, 0.25) is 0 Å². The third-order valence-electron chi connectivity index (χ3n) is 7.66. The van der Waals surface area contributed by atoms with Gasteiger partial charge in [-0.2, -0.15) is 0 Å². The summed E-state index contributed by atoms with van der Waals surface area (Å²) in [6.07, 6.45) is 1.73. The number of carboxylic acid groups (broad SMARTS) is 1. The second-order valence-electron chi connectivity index (χ2n) is 10.5. The Balaban J connectivity index is 1.39. The first-order valence-corrected chi connectivity index (χ1v) is 13.7. The largest absolute Gasteiger partial charge is 0.481 e. The normalized spacial score (nSPS) is 16.0. The van der Waals surface area contributed by atoms with Crippen LogP contribution in [0.1, 0.15) is 37.4 Å². The zero-order chi connectivity index (χ0) is 28.2. The fourth-order valence-electron chi connectivity index (χ4n) is 5.51. The molecule has 1 fully saturated rings. The highest BCUT2D eigenvalue weighted by Crippen LogP contribution is 2.24. The lowest BCUT2D eigenvalue weighted by Crippen LogP contribution is -2.51. The number of nitrogens with zero attached hydrogens (tertiary/aromatic N) is 3. The fraction of sp³-hybridized carbons (Fsp3) is 0.312. The van der Waals surface area contributed by atoms with Crippen molar-refractivity contribution in [1.29, 1.82) is 0 Å². The van der Waals surface area contributed by atoms with Gasteiger partial charge in [-0.25, -0.2) is 8.78 Å². The van der Waals surface area contributed by atoms with Gasteiger partial charge in [-0.15, -0.1) is 0 Å². The summed E-state index contributed by atoms with van der Waals surface area (Å²) >= 11 is 0. The lowest BCUT2D eigenvalue weighted by atomic mass is 10.0. The minimum Gasteiger partial charge on any atom is -0.481 e. The maximum Gasteiger partial charge on any atom is 0.303 e. The summed E-state index contributed by atoms with van der Waals surface area (Å²) in [5.41, 5.74) is 3.30. The van der Waals surface area contributed by atoms with Crippen LogP contribution in [0.4, 0.5) is 14.5 Å². The molecule has 40 heavy (non-hydrogen) atoms. The lowest BCUT2D eigenvalue weighted by molar-refractivity contribution is -0.137. The van der Waals surface area contributed by atoms with Crippen LogP contribution in [0.5, 0.6) is 0 Å². The molecule has 2 heterocycles. The number of halogens is 2. The Morgan fingerprint density at radius 1 is 0.900 bits per heavy atom. The van der Waals surface area contributed by atoms with Gasteiger partial charge in [0.25, 0.3) is 5.56 Å². The summed E-state index contributed by atoms with van der Waals surface area (Å²) in [7, 11) is 0. The van der Waals surface area contributed by atoms with Crippen molar-refractivity contribution < 1.29 is 18.7 Å². The lowest BCUT2D eigenvalue weighted by Gasteiger charge is -2.41. The fourth-order valence-corrected chi connectivity index (χ4v) is 5.51. The van der Waals surface area contributed by atoms with E-state index in [2.05, 4.69) is 22.8 Å². The molecule has 8 heteroatoms. The third kappa shape index (κ3) is 6.23. The van der Waals surface area contributed by atoms with Crippen LogP contribution in [0.3, 0.4) is 0 Å². The zero-order valence-electron chi connectivity index (χ0n) is 22.5. The Kier molecular flexibility index (Phi) is 8.26. The number of aromatic nitrogens is 1. The first kappa shape index (κ1) is 27.5. The Morgan fingerprint density at radius 3 is 2.23 bits per heavy atom. The minimum atomic E-state index is -0.841. The van der Waals surface area contributed by atoms with Crippen molar-refractivity contribution in [2.24, 2.45) is 0 Å². The number of piperazine rings is 1. The Morgan fingerprint density at radius 2 is 1.57 bits per heavy atom. The van der Waals surface area contributed by atoms with Gasteiger partial charge in [0.15, 0.2) is 0 Å². The number of aryl methyl sites for hydroxylation is 1. The Hall–Kier alpha value is -4.04. The summed E-state index contributed by atoms with van der Waals surface area (Å²) in [6.45, 7) is 5.46. The van der Waals surface area contributed by atoms with Gasteiger partial charge in [0.05, 0.1) is 0 Å². The average molecular weight is 546 g/mol. The molecule has 1 aliphatic rings. The molecule has 1 N–H and O–H groups in total. The van der Waals surface area contributed by atoms with E-state index < -0.39 is 5.97 Å². The van der Waals surface area contributed by atoms with Gasteiger partial charge in [0.2, 0.25) is 0 Å². The Labute approximate surface area is 232 Å². The van der Waals surface area contributed by atoms with E-state index in [1.807, 2.05) is 30.3 Å². The quantitative estimate of drug-likeness (QED) is 0.270. The van der Waals surface area contributed by atoms with Crippen molar-refractivity contribution in [1.82, 2.24) is 9.47 Å². The molecule has 4 aromatic rings. The molecule has 0 saturated carbocycles. The number of carboxylic acids is 1. The molecule has 0 spiro atoms. The summed E-state index contributed by atoms with van der Waals surface area (Å²) in [5, 5.41) is 10.4. The van der Waals surface area contributed by atoms with Gasteiger partial charge in [-0.1, -0.05) is 6.07 Å². The molecule has 1 aliphatic heterocycles. The van der Waals surface area contributed by atoms with Crippen molar-refractivity contribution in [3.63, 3.8) is 0 Å². The number of hydrogen-bond donors (Lipinski definition) is 1. The topological polar surface area (TPSA) is 65.8 Å². The first-order chi connectivity index (χ1) is 19.3. The standard InChI is InChI=1S/C32H33F2N3O3/c1-22-20-36(27-11-7-25(33)8-12-27)17-16-35(22)21-23-6-15-30-24(18-23)19-29(4-2-3-5-31(38)39)37(32(30)40)28-13-9-26(34)10-14-28/h6-15,18-19,22H,2-5,16-17,20-21H2,1H3,(H,38,39). The monoisotopic (exact) mass is 545 g/mol. The van der Waals surface area contributed by atoms with Crippen LogP contribution in [0.25, 0.3) is 16.5 Å². The van der Waals surface area contributed by atoms with Gasteiger partial charge >= 0.3 is 5.97 Å². The summed E-state index contributed by atoms with van der Waals surface area (Å²) in [5.74, 6) is -1.45. The molecular formula is C32H33F2N3O3. The number of anilines is 1. The van der Waals surface area contributed by atoms with Gasteiger partial charge < -0.3 is 10.0 Å². The third-order valence-corrected chi connectivity index (χ3v) is 7.66. The van der Waals surface area contributed by atoms with E-state index >= 15 is 0 Å². The molecular weight excluding hydrogens is 512 g/mol. The maximum atomic E-state index is 13.7. The van der Waals surface area contributed by atoms with E-state index in [-0.39, 0.29) is 29.7 Å². The average Bonchev–Trinajstić information content (AvgIpc) is 2.93. The molecule has 1 saturated heterocycles. The Bertz CT molecular complexity index is 1550. The smallest absolute Gasteiger partial charge is 0.303 e. The highest BCUT2D eigenvalue weighted by Gasteiger charge is 2.24. The zero-order valence-corrected chi connectivity index (χ0v) is 22.5. The van der Waals surface area contributed by atoms with Gasteiger partial charge in [-0.3, -0.25) is 19.1 Å². The molecule has 0 aliphatic carbocycles. The number of benzene rings is 3. The van der Waals surface area contributed by atoms with E-state index in [4.69, 9.17) is 5.11 Å². The second-order valence-corrected chi connectivity index (χ2v) is 10.5. The van der Waals surface area contributed by atoms with Crippen molar-refractivity contribution >= 4 is 22.4 Å². The minimum absolute atomic E-state index is 0.0745. The second kappa shape index (κ2) is 12.0. The van der Waals surface area contributed by atoms with Crippen molar-refractivity contribution in [2.75, 3.05) is 24.5 Å². The summed E-state index contributed by atoms with van der Waals surface area (Å²) < 4.78 is 28.6. The molecule has 3 aromatic carbocycles. The van der Waals surface area contributed by atoms with Crippen LogP contribution in [-0.4, -0.2) is 46.2 Å². The van der Waals surface area contributed by atoms with Crippen molar-refractivity contribution in [2.45, 2.75) is 45.2 Å². The number of unbranched alkanes of at least 4 members (excludes halogenated alkanes) is 1. The molecule has 6 nitrogen and oxygen atoms in total. The molecule has 208 valence electrons. The molecule has 1 atom stereocenters. The van der Waals surface area contributed by atoms with Gasteiger partial charge in [0, 0.05) is 61.1 Å². The predicted molar refractivity (Wildman–Crippen MR) is 153 cm³/mol. The molecule has 0 amide bonds. The molecule has 5 rings (SSSR count). The van der Waals surface area contributed by atoms with E-state index in [1.165, 1.54) is 24.3 Å². The highest BCUT2D eigenvalue weighted by atomic mass is 19.1. The molecule has 1 unspecified atom stereocenters. The first-order valence-electron chi connectivity index (χ1n) is 13.7. The number of pyridine rings is 1. The molecule has 0 radical (unpaired) electrons. The molecule has 0 bridgehead atoms. The van der Waals surface area contributed by atoms with Crippen LogP contribution >= 0.6 is 0 Å². The van der Waals surface area contributed by atoms with Crippen molar-refractivity contribution in [3.05, 3.63) is 106 Å². The van der Waals surface area contributed by atoms with Gasteiger partial charge in [-0.05, 0) is 104 Å². The van der Waals surface area contributed by atoms with E-state index in [9.17, 15) is 18.4 Å². The highest BCUT2D eigenvalue weighted by molar-refractivity contribution is 5.83. The summed E-state index contributed by atoms with van der Waals surface area (Å²) in [4.78, 5) is 29.3.